The average Bonchev–Trinajstić information content (AvgIpc) is 3.48. The molecule has 3 aromatic rings. The fourth-order valence-electron chi connectivity index (χ4n) is 3.94. The van der Waals surface area contributed by atoms with Crippen LogP contribution >= 0.6 is 0 Å². The molecule has 0 bridgehead atoms. The van der Waals surface area contributed by atoms with Gasteiger partial charge in [-0.25, -0.2) is 9.48 Å². The lowest BCUT2D eigenvalue weighted by molar-refractivity contribution is -0.115. The molecular weight excluding hydrogens is 458 g/mol. The van der Waals surface area contributed by atoms with Crippen LogP contribution in [0.1, 0.15) is 43.1 Å². The van der Waals surface area contributed by atoms with Crippen molar-refractivity contribution in [2.75, 3.05) is 18.4 Å². The molecule has 0 unspecified atom stereocenters. The number of likely N-dealkylation sites (tertiary alicyclic amines) is 1. The molecule has 1 aliphatic heterocycles. The molecule has 2 N–H and O–H groups in total. The monoisotopic (exact) mass is 489 g/mol. The molecule has 1 aliphatic rings. The fraction of sp³-hybridized carbons (Fsp3) is 0.333. The second kappa shape index (κ2) is 10.6. The summed E-state index contributed by atoms with van der Waals surface area (Å²) < 4.78 is 7.02. The zero-order valence-electron chi connectivity index (χ0n) is 20.7. The molecule has 2 aromatic carbocycles. The zero-order chi connectivity index (χ0) is 25.7. The van der Waals surface area contributed by atoms with Crippen molar-refractivity contribution in [2.45, 2.75) is 45.3 Å². The Labute approximate surface area is 210 Å². The predicted molar refractivity (Wildman–Crippen MR) is 136 cm³/mol. The van der Waals surface area contributed by atoms with Crippen molar-refractivity contribution in [1.29, 1.82) is 0 Å². The van der Waals surface area contributed by atoms with Crippen molar-refractivity contribution in [3.63, 3.8) is 0 Å². The Morgan fingerprint density at radius 1 is 1.08 bits per heavy atom. The van der Waals surface area contributed by atoms with Crippen LogP contribution in [0.2, 0.25) is 0 Å². The second-order valence-electron chi connectivity index (χ2n) is 9.82. The van der Waals surface area contributed by atoms with Crippen LogP contribution in [-0.4, -0.2) is 57.3 Å². The third kappa shape index (κ3) is 6.71. The van der Waals surface area contributed by atoms with Gasteiger partial charge in [-0.15, -0.1) is 0 Å². The Morgan fingerprint density at radius 2 is 1.86 bits per heavy atom. The highest BCUT2D eigenvalue weighted by atomic mass is 16.6. The number of nitrogens with zero attached hydrogens (tertiary/aromatic N) is 3. The van der Waals surface area contributed by atoms with Gasteiger partial charge in [0.05, 0.1) is 30.2 Å². The van der Waals surface area contributed by atoms with E-state index < -0.39 is 5.60 Å². The maximum atomic E-state index is 12.9. The van der Waals surface area contributed by atoms with E-state index in [2.05, 4.69) is 15.7 Å². The number of anilines is 1. The number of carbonyl (C=O) groups is 3. The average molecular weight is 490 g/mol. The molecule has 36 heavy (non-hydrogen) atoms. The Balaban J connectivity index is 1.34. The van der Waals surface area contributed by atoms with Gasteiger partial charge in [-0.3, -0.25) is 9.59 Å². The SMILES string of the molecule is CC(C)(C)OC(=O)N1CC[C@H](NC(=O)c2cccc(-n3cc(NC(=O)Cc4ccccc4)cn3)c2)C1. The minimum Gasteiger partial charge on any atom is -0.444 e. The molecule has 0 aliphatic carbocycles. The van der Waals surface area contributed by atoms with E-state index in [4.69, 9.17) is 4.74 Å². The third-order valence-corrected chi connectivity index (χ3v) is 5.62. The van der Waals surface area contributed by atoms with Crippen LogP contribution in [0.4, 0.5) is 10.5 Å². The van der Waals surface area contributed by atoms with Crippen LogP contribution in [0.5, 0.6) is 0 Å². The van der Waals surface area contributed by atoms with Crippen molar-refractivity contribution in [3.05, 3.63) is 78.1 Å². The van der Waals surface area contributed by atoms with Crippen LogP contribution in [-0.2, 0) is 16.0 Å². The number of ether oxygens (including phenoxy) is 1. The zero-order valence-corrected chi connectivity index (χ0v) is 20.7. The van der Waals surface area contributed by atoms with Gasteiger partial charge in [0.2, 0.25) is 5.91 Å². The van der Waals surface area contributed by atoms with Crippen molar-refractivity contribution in [3.8, 4) is 5.69 Å². The number of hydrogen-bond acceptors (Lipinski definition) is 5. The Hall–Kier alpha value is -4.14. The van der Waals surface area contributed by atoms with E-state index in [0.717, 1.165) is 5.56 Å². The van der Waals surface area contributed by atoms with E-state index in [0.29, 0.717) is 36.4 Å². The lowest BCUT2D eigenvalue weighted by atomic mass is 10.1. The predicted octanol–water partition coefficient (Wildman–Crippen LogP) is 3.79. The van der Waals surface area contributed by atoms with Gasteiger partial charge in [-0.2, -0.15) is 5.10 Å². The fourth-order valence-corrected chi connectivity index (χ4v) is 3.94. The Bertz CT molecular complexity index is 1230. The molecule has 1 atom stereocenters. The van der Waals surface area contributed by atoms with Gasteiger partial charge in [0.25, 0.3) is 5.91 Å². The molecular formula is C27H31N5O4. The molecule has 1 fully saturated rings. The number of benzene rings is 2. The summed E-state index contributed by atoms with van der Waals surface area (Å²) in [5.41, 5.74) is 2.11. The molecule has 1 aromatic heterocycles. The summed E-state index contributed by atoms with van der Waals surface area (Å²) in [6.07, 6.45) is 3.84. The first-order valence-corrected chi connectivity index (χ1v) is 11.9. The van der Waals surface area contributed by atoms with Crippen molar-refractivity contribution >= 4 is 23.6 Å². The van der Waals surface area contributed by atoms with Crippen molar-refractivity contribution < 1.29 is 19.1 Å². The largest absolute Gasteiger partial charge is 0.444 e. The molecule has 0 radical (unpaired) electrons. The highest BCUT2D eigenvalue weighted by Crippen LogP contribution is 2.17. The lowest BCUT2D eigenvalue weighted by Gasteiger charge is -2.24. The second-order valence-corrected chi connectivity index (χ2v) is 9.82. The van der Waals surface area contributed by atoms with Gasteiger partial charge in [-0.1, -0.05) is 36.4 Å². The van der Waals surface area contributed by atoms with Crippen LogP contribution in [0.25, 0.3) is 5.69 Å². The normalized spacial score (nSPS) is 15.4. The molecule has 2 heterocycles. The third-order valence-electron chi connectivity index (χ3n) is 5.62. The van der Waals surface area contributed by atoms with Gasteiger partial charge in [0, 0.05) is 24.7 Å². The summed E-state index contributed by atoms with van der Waals surface area (Å²) >= 11 is 0. The summed E-state index contributed by atoms with van der Waals surface area (Å²) in [6.45, 7) is 6.43. The molecule has 188 valence electrons. The highest BCUT2D eigenvalue weighted by Gasteiger charge is 2.30. The standard InChI is InChI=1S/C27H31N5O4/c1-27(2,3)36-26(35)31-13-12-21(17-31)30-25(34)20-10-7-11-23(15-20)32-18-22(16-28-32)29-24(33)14-19-8-5-4-6-9-19/h4-11,15-16,18,21H,12-14,17H2,1-3H3,(H,29,33)(H,30,34)/t21-/m0/s1. The quantitative estimate of drug-likeness (QED) is 0.548. The van der Waals surface area contributed by atoms with Gasteiger partial charge in [0.15, 0.2) is 0 Å². The van der Waals surface area contributed by atoms with Crippen LogP contribution in [0.15, 0.2) is 67.0 Å². The van der Waals surface area contributed by atoms with E-state index in [1.165, 1.54) is 0 Å². The minimum absolute atomic E-state index is 0.133. The molecule has 9 heteroatoms. The number of nitrogens with one attached hydrogen (secondary N) is 2. The molecule has 0 spiro atoms. The van der Waals surface area contributed by atoms with Gasteiger partial charge in [-0.05, 0) is 51.0 Å². The number of aromatic nitrogens is 2. The molecule has 1 saturated heterocycles. The lowest BCUT2D eigenvalue weighted by Crippen LogP contribution is -2.40. The number of hydrogen-bond donors (Lipinski definition) is 2. The Kier molecular flexibility index (Phi) is 7.38. The van der Waals surface area contributed by atoms with Crippen molar-refractivity contribution in [2.24, 2.45) is 0 Å². The minimum atomic E-state index is -0.560. The maximum Gasteiger partial charge on any atom is 0.410 e. The first-order valence-electron chi connectivity index (χ1n) is 11.9. The summed E-state index contributed by atoms with van der Waals surface area (Å²) in [5.74, 6) is -0.359. The summed E-state index contributed by atoms with van der Waals surface area (Å²) in [5, 5.41) is 10.2. The molecule has 0 saturated carbocycles. The smallest absolute Gasteiger partial charge is 0.410 e. The van der Waals surface area contributed by atoms with E-state index in [1.807, 2.05) is 57.2 Å². The number of amides is 3. The topological polar surface area (TPSA) is 106 Å². The highest BCUT2D eigenvalue weighted by molar-refractivity contribution is 5.95. The maximum absolute atomic E-state index is 12.9. The van der Waals surface area contributed by atoms with Crippen LogP contribution in [0, 0.1) is 0 Å². The van der Waals surface area contributed by atoms with Gasteiger partial charge in [0.1, 0.15) is 5.60 Å². The first-order chi connectivity index (χ1) is 17.2. The van der Waals surface area contributed by atoms with E-state index in [-0.39, 0.29) is 30.4 Å². The summed E-state index contributed by atoms with van der Waals surface area (Å²) in [6, 6.07) is 16.4. The molecule has 3 amide bonds. The number of carbonyl (C=O) groups excluding carboxylic acids is 3. The van der Waals surface area contributed by atoms with Gasteiger partial charge < -0.3 is 20.3 Å². The first kappa shape index (κ1) is 25.0. The Morgan fingerprint density at radius 3 is 2.61 bits per heavy atom. The summed E-state index contributed by atoms with van der Waals surface area (Å²) in [4.78, 5) is 39.1. The van der Waals surface area contributed by atoms with Crippen LogP contribution in [0.3, 0.4) is 0 Å². The molecule has 4 rings (SSSR count). The van der Waals surface area contributed by atoms with E-state index in [1.54, 1.807) is 40.2 Å². The summed E-state index contributed by atoms with van der Waals surface area (Å²) in [7, 11) is 0. The van der Waals surface area contributed by atoms with E-state index >= 15 is 0 Å². The number of rotatable bonds is 6. The van der Waals surface area contributed by atoms with Gasteiger partial charge >= 0.3 is 6.09 Å². The molecule has 9 nitrogen and oxygen atoms in total. The van der Waals surface area contributed by atoms with E-state index in [9.17, 15) is 14.4 Å². The van der Waals surface area contributed by atoms with Crippen LogP contribution < -0.4 is 10.6 Å². The van der Waals surface area contributed by atoms with Crippen molar-refractivity contribution in [1.82, 2.24) is 20.0 Å².